The average Bonchev–Trinajstić information content (AvgIpc) is 2.97. The van der Waals surface area contributed by atoms with Gasteiger partial charge in [0, 0.05) is 50.4 Å². The van der Waals surface area contributed by atoms with Gasteiger partial charge in [0.2, 0.25) is 0 Å². The van der Waals surface area contributed by atoms with E-state index in [4.69, 9.17) is 17.0 Å². The van der Waals surface area contributed by atoms with Gasteiger partial charge in [0.1, 0.15) is 5.82 Å². The highest BCUT2D eigenvalue weighted by Crippen LogP contribution is 2.24. The molecule has 2 aromatic rings. The largest absolute Gasteiger partial charge is 0.379 e. The van der Waals surface area contributed by atoms with E-state index in [-0.39, 0.29) is 0 Å². The zero-order valence-electron chi connectivity index (χ0n) is 16.2. The Morgan fingerprint density at radius 2 is 2.00 bits per heavy atom. The lowest BCUT2D eigenvalue weighted by molar-refractivity contribution is 0.0389. The van der Waals surface area contributed by atoms with Crippen molar-refractivity contribution in [1.29, 1.82) is 0 Å². The number of ether oxygens (including phenoxy) is 1. The lowest BCUT2D eigenvalue weighted by Gasteiger charge is -2.26. The SMILES string of the molecule is S=C(NCCN1CCOCC1)Nc1cccc(-c2nnc3n2CCCCC3)c1. The molecule has 0 amide bonds. The van der Waals surface area contributed by atoms with Crippen LogP contribution in [0.1, 0.15) is 25.1 Å². The van der Waals surface area contributed by atoms with Crippen molar-refractivity contribution >= 4 is 23.0 Å². The Bertz CT molecular complexity index is 802. The maximum Gasteiger partial charge on any atom is 0.170 e. The molecule has 2 aliphatic rings. The molecule has 0 bridgehead atoms. The van der Waals surface area contributed by atoms with Gasteiger partial charge in [-0.3, -0.25) is 4.90 Å². The molecule has 28 heavy (non-hydrogen) atoms. The fraction of sp³-hybridized carbons (Fsp3) is 0.550. The van der Waals surface area contributed by atoms with Crippen molar-refractivity contribution in [2.45, 2.75) is 32.2 Å². The molecule has 0 radical (unpaired) electrons. The van der Waals surface area contributed by atoms with Crippen molar-refractivity contribution < 1.29 is 4.74 Å². The third kappa shape index (κ3) is 4.87. The predicted octanol–water partition coefficient (Wildman–Crippen LogP) is 2.29. The van der Waals surface area contributed by atoms with Gasteiger partial charge in [-0.15, -0.1) is 10.2 Å². The molecular formula is C20H28N6OS. The molecule has 1 aromatic heterocycles. The minimum Gasteiger partial charge on any atom is -0.379 e. The molecule has 150 valence electrons. The molecule has 7 nitrogen and oxygen atoms in total. The molecule has 1 aromatic carbocycles. The average molecular weight is 401 g/mol. The van der Waals surface area contributed by atoms with Crippen LogP contribution in [0.2, 0.25) is 0 Å². The van der Waals surface area contributed by atoms with Crippen LogP contribution in [-0.4, -0.2) is 64.2 Å². The fourth-order valence-electron chi connectivity index (χ4n) is 3.76. The number of hydrogen-bond acceptors (Lipinski definition) is 5. The Balaban J connectivity index is 1.35. The van der Waals surface area contributed by atoms with Gasteiger partial charge in [0.25, 0.3) is 0 Å². The summed E-state index contributed by atoms with van der Waals surface area (Å²) in [6.07, 6.45) is 4.66. The Morgan fingerprint density at radius 3 is 2.89 bits per heavy atom. The molecule has 1 fully saturated rings. The van der Waals surface area contributed by atoms with Crippen LogP contribution in [0.25, 0.3) is 11.4 Å². The van der Waals surface area contributed by atoms with E-state index in [1.807, 2.05) is 12.1 Å². The summed E-state index contributed by atoms with van der Waals surface area (Å²) in [6, 6.07) is 8.24. The van der Waals surface area contributed by atoms with E-state index in [1.165, 1.54) is 19.3 Å². The van der Waals surface area contributed by atoms with Gasteiger partial charge < -0.3 is 19.9 Å². The van der Waals surface area contributed by atoms with Crippen LogP contribution >= 0.6 is 12.2 Å². The van der Waals surface area contributed by atoms with E-state index in [2.05, 4.69) is 42.4 Å². The highest BCUT2D eigenvalue weighted by Gasteiger charge is 2.16. The molecule has 3 heterocycles. The molecule has 2 aliphatic heterocycles. The normalized spacial score (nSPS) is 17.6. The van der Waals surface area contributed by atoms with E-state index >= 15 is 0 Å². The lowest BCUT2D eigenvalue weighted by Crippen LogP contribution is -2.42. The Kier molecular flexibility index (Phi) is 6.51. The topological polar surface area (TPSA) is 67.2 Å². The second-order valence-electron chi connectivity index (χ2n) is 7.32. The third-order valence-corrected chi connectivity index (χ3v) is 5.55. The maximum atomic E-state index is 5.46. The third-order valence-electron chi connectivity index (χ3n) is 5.31. The molecular weight excluding hydrogens is 372 g/mol. The Morgan fingerprint density at radius 1 is 1.11 bits per heavy atom. The highest BCUT2D eigenvalue weighted by molar-refractivity contribution is 7.80. The van der Waals surface area contributed by atoms with Gasteiger partial charge >= 0.3 is 0 Å². The number of anilines is 1. The summed E-state index contributed by atoms with van der Waals surface area (Å²) in [7, 11) is 0. The van der Waals surface area contributed by atoms with Crippen LogP contribution in [-0.2, 0) is 17.7 Å². The van der Waals surface area contributed by atoms with Gasteiger partial charge in [-0.2, -0.15) is 0 Å². The van der Waals surface area contributed by atoms with Gasteiger partial charge in [0.15, 0.2) is 10.9 Å². The van der Waals surface area contributed by atoms with E-state index in [0.717, 1.165) is 75.3 Å². The van der Waals surface area contributed by atoms with Gasteiger partial charge in [-0.25, -0.2) is 0 Å². The molecule has 0 atom stereocenters. The molecule has 4 rings (SSSR count). The number of morpholine rings is 1. The number of thiocarbonyl (C=S) groups is 1. The van der Waals surface area contributed by atoms with E-state index in [9.17, 15) is 0 Å². The van der Waals surface area contributed by atoms with Crippen molar-refractivity contribution in [1.82, 2.24) is 25.0 Å². The summed E-state index contributed by atoms with van der Waals surface area (Å²) in [5.41, 5.74) is 2.04. The van der Waals surface area contributed by atoms with Gasteiger partial charge in [-0.05, 0) is 37.2 Å². The molecule has 2 N–H and O–H groups in total. The Hall–Kier alpha value is -2.03. The second kappa shape index (κ2) is 9.45. The van der Waals surface area contributed by atoms with Crippen LogP contribution in [0, 0.1) is 0 Å². The quantitative estimate of drug-likeness (QED) is 0.747. The number of aryl methyl sites for hydroxylation is 1. The number of fused-ring (bicyclic) bond motifs is 1. The number of nitrogens with zero attached hydrogens (tertiary/aromatic N) is 4. The first kappa shape index (κ1) is 19.3. The first-order valence-electron chi connectivity index (χ1n) is 10.2. The smallest absolute Gasteiger partial charge is 0.170 e. The summed E-state index contributed by atoms with van der Waals surface area (Å²) in [5, 5.41) is 16.1. The fourth-order valence-corrected chi connectivity index (χ4v) is 3.98. The summed E-state index contributed by atoms with van der Waals surface area (Å²) in [6.45, 7) is 6.42. The van der Waals surface area contributed by atoms with E-state index in [0.29, 0.717) is 5.11 Å². The number of aromatic nitrogens is 3. The second-order valence-corrected chi connectivity index (χ2v) is 7.73. The minimum absolute atomic E-state index is 0.644. The minimum atomic E-state index is 0.644. The van der Waals surface area contributed by atoms with Crippen molar-refractivity contribution in [2.24, 2.45) is 0 Å². The van der Waals surface area contributed by atoms with Crippen molar-refractivity contribution in [3.63, 3.8) is 0 Å². The first-order chi connectivity index (χ1) is 13.8. The lowest BCUT2D eigenvalue weighted by atomic mass is 10.2. The number of nitrogens with one attached hydrogen (secondary N) is 2. The molecule has 0 spiro atoms. The summed E-state index contributed by atoms with van der Waals surface area (Å²) in [4.78, 5) is 2.39. The molecule has 8 heteroatoms. The van der Waals surface area contributed by atoms with Crippen molar-refractivity contribution in [2.75, 3.05) is 44.7 Å². The number of benzene rings is 1. The van der Waals surface area contributed by atoms with Crippen molar-refractivity contribution in [3.8, 4) is 11.4 Å². The summed E-state index contributed by atoms with van der Waals surface area (Å²) in [5.74, 6) is 2.05. The van der Waals surface area contributed by atoms with Crippen LogP contribution in [0.4, 0.5) is 5.69 Å². The van der Waals surface area contributed by atoms with Crippen LogP contribution in [0.3, 0.4) is 0 Å². The van der Waals surface area contributed by atoms with E-state index < -0.39 is 0 Å². The molecule has 1 saturated heterocycles. The van der Waals surface area contributed by atoms with Crippen LogP contribution in [0.5, 0.6) is 0 Å². The van der Waals surface area contributed by atoms with Gasteiger partial charge in [0.05, 0.1) is 13.2 Å². The monoisotopic (exact) mass is 400 g/mol. The molecule has 0 unspecified atom stereocenters. The summed E-state index contributed by atoms with van der Waals surface area (Å²) < 4.78 is 7.65. The first-order valence-corrected chi connectivity index (χ1v) is 10.6. The maximum absolute atomic E-state index is 5.46. The Labute approximate surface area is 171 Å². The standard InChI is InChI=1S/C20H28N6OS/c28-20(21-8-10-25-11-13-27-14-12-25)22-17-6-4-5-16(15-17)19-24-23-18-7-2-1-3-9-26(18)19/h4-6,15H,1-3,7-14H2,(H2,21,22,28). The predicted molar refractivity (Wildman–Crippen MR) is 114 cm³/mol. The zero-order chi connectivity index (χ0) is 19.2. The molecule has 0 aliphatic carbocycles. The zero-order valence-corrected chi connectivity index (χ0v) is 17.0. The van der Waals surface area contributed by atoms with Gasteiger partial charge in [-0.1, -0.05) is 18.6 Å². The number of hydrogen-bond donors (Lipinski definition) is 2. The molecule has 0 saturated carbocycles. The van der Waals surface area contributed by atoms with Crippen LogP contribution in [0.15, 0.2) is 24.3 Å². The van der Waals surface area contributed by atoms with Crippen LogP contribution < -0.4 is 10.6 Å². The number of rotatable bonds is 5. The highest BCUT2D eigenvalue weighted by atomic mass is 32.1. The summed E-state index contributed by atoms with van der Waals surface area (Å²) >= 11 is 5.46. The van der Waals surface area contributed by atoms with E-state index in [1.54, 1.807) is 0 Å². The van der Waals surface area contributed by atoms with Crippen molar-refractivity contribution in [3.05, 3.63) is 30.1 Å².